The Morgan fingerprint density at radius 2 is 2.04 bits per heavy atom. The Hall–Kier alpha value is -2.34. The normalized spacial score (nSPS) is 17.9. The molecule has 0 N–H and O–H groups in total. The van der Waals surface area contributed by atoms with Crippen LogP contribution < -0.4 is 9.47 Å². The first kappa shape index (κ1) is 19.4. The summed E-state index contributed by atoms with van der Waals surface area (Å²) in [5, 5.41) is 4.42. The van der Waals surface area contributed by atoms with Crippen molar-refractivity contribution in [2.75, 3.05) is 27.3 Å². The number of hydrogen-bond donors (Lipinski definition) is 0. The summed E-state index contributed by atoms with van der Waals surface area (Å²) in [7, 11) is 3.19. The number of benzene rings is 1. The van der Waals surface area contributed by atoms with Crippen molar-refractivity contribution in [1.29, 1.82) is 0 Å². The molecule has 0 unspecified atom stereocenters. The zero-order chi connectivity index (χ0) is 19.4. The molecule has 146 valence electrons. The fraction of sp³-hybridized carbons (Fsp3) is 0.524. The fourth-order valence-corrected chi connectivity index (χ4v) is 3.64. The van der Waals surface area contributed by atoms with Crippen LogP contribution in [0.1, 0.15) is 48.7 Å². The molecule has 2 aromatic rings. The molecule has 0 radical (unpaired) electrons. The van der Waals surface area contributed by atoms with Crippen molar-refractivity contribution >= 4 is 5.78 Å². The number of carbonyl (C=O) groups excluding carboxylic acids is 1. The minimum absolute atomic E-state index is 0.0111. The van der Waals surface area contributed by atoms with E-state index in [1.54, 1.807) is 26.4 Å². The van der Waals surface area contributed by atoms with Gasteiger partial charge < -0.3 is 9.47 Å². The van der Waals surface area contributed by atoms with Crippen molar-refractivity contribution in [3.05, 3.63) is 41.7 Å². The smallest absolute Gasteiger partial charge is 0.167 e. The van der Waals surface area contributed by atoms with E-state index in [9.17, 15) is 4.79 Å². The first-order valence-corrected chi connectivity index (χ1v) is 9.53. The number of likely N-dealkylation sites (tertiary alicyclic amines) is 1. The van der Waals surface area contributed by atoms with Gasteiger partial charge in [-0.15, -0.1) is 0 Å². The maximum atomic E-state index is 13.0. The number of carbonyl (C=O) groups is 1. The van der Waals surface area contributed by atoms with Crippen LogP contribution in [-0.2, 0) is 6.54 Å². The number of nitrogens with zero attached hydrogens (tertiary/aromatic N) is 3. The molecule has 6 heteroatoms. The molecule has 1 aliphatic heterocycles. The van der Waals surface area contributed by atoms with Crippen LogP contribution in [0.25, 0.3) is 0 Å². The third-order valence-electron chi connectivity index (χ3n) is 5.13. The Morgan fingerprint density at radius 3 is 2.70 bits per heavy atom. The molecule has 0 saturated carbocycles. The third kappa shape index (κ3) is 4.50. The van der Waals surface area contributed by atoms with Gasteiger partial charge in [0.25, 0.3) is 0 Å². The van der Waals surface area contributed by atoms with E-state index in [-0.39, 0.29) is 11.7 Å². The molecule has 0 amide bonds. The van der Waals surface area contributed by atoms with Crippen molar-refractivity contribution in [2.45, 2.75) is 39.3 Å². The lowest BCUT2D eigenvalue weighted by Crippen LogP contribution is -2.38. The number of aromatic nitrogens is 2. The predicted octanol–water partition coefficient (Wildman–Crippen LogP) is 3.58. The molecule has 0 aliphatic carbocycles. The van der Waals surface area contributed by atoms with E-state index in [2.05, 4.69) is 30.0 Å². The van der Waals surface area contributed by atoms with Crippen LogP contribution >= 0.6 is 0 Å². The van der Waals surface area contributed by atoms with E-state index in [0.717, 1.165) is 32.5 Å². The molecule has 6 nitrogen and oxygen atoms in total. The number of hydrogen-bond acceptors (Lipinski definition) is 5. The van der Waals surface area contributed by atoms with Gasteiger partial charge in [0.05, 0.1) is 20.4 Å². The van der Waals surface area contributed by atoms with E-state index >= 15 is 0 Å². The maximum absolute atomic E-state index is 13.0. The van der Waals surface area contributed by atoms with Gasteiger partial charge in [-0.2, -0.15) is 5.10 Å². The first-order valence-electron chi connectivity index (χ1n) is 9.53. The van der Waals surface area contributed by atoms with Gasteiger partial charge in [0.15, 0.2) is 17.3 Å². The molecule has 1 aromatic carbocycles. The Labute approximate surface area is 161 Å². The van der Waals surface area contributed by atoms with Gasteiger partial charge in [0.2, 0.25) is 0 Å². The molecule has 0 bridgehead atoms. The Kier molecular flexibility index (Phi) is 6.16. The molecule has 1 aliphatic rings. The Morgan fingerprint density at radius 1 is 1.26 bits per heavy atom. The lowest BCUT2D eigenvalue weighted by molar-refractivity contribution is 0.0811. The second-order valence-corrected chi connectivity index (χ2v) is 7.43. The monoisotopic (exact) mass is 371 g/mol. The van der Waals surface area contributed by atoms with Gasteiger partial charge >= 0.3 is 0 Å². The topological polar surface area (TPSA) is 56.6 Å². The highest BCUT2D eigenvalue weighted by molar-refractivity contribution is 5.98. The van der Waals surface area contributed by atoms with E-state index in [0.29, 0.717) is 23.1 Å². The summed E-state index contributed by atoms with van der Waals surface area (Å²) in [4.78, 5) is 15.4. The summed E-state index contributed by atoms with van der Waals surface area (Å²) in [6, 6.07) is 5.77. The number of ether oxygens (including phenoxy) is 2. The average Bonchev–Trinajstić information content (AvgIpc) is 3.16. The average molecular weight is 371 g/mol. The maximum Gasteiger partial charge on any atom is 0.167 e. The number of methoxy groups -OCH3 is 2. The molecular weight excluding hydrogens is 342 g/mol. The highest BCUT2D eigenvalue weighted by atomic mass is 16.5. The molecule has 1 saturated heterocycles. The van der Waals surface area contributed by atoms with Gasteiger partial charge in [0, 0.05) is 42.4 Å². The van der Waals surface area contributed by atoms with Crippen LogP contribution in [0, 0.1) is 5.92 Å². The van der Waals surface area contributed by atoms with E-state index in [1.165, 1.54) is 5.56 Å². The molecule has 2 heterocycles. The minimum Gasteiger partial charge on any atom is -0.493 e. The zero-order valence-electron chi connectivity index (χ0n) is 16.6. The number of piperidine rings is 1. The second-order valence-electron chi connectivity index (χ2n) is 7.43. The third-order valence-corrected chi connectivity index (χ3v) is 5.13. The van der Waals surface area contributed by atoms with Crippen molar-refractivity contribution in [2.24, 2.45) is 5.92 Å². The fourth-order valence-electron chi connectivity index (χ4n) is 3.64. The number of rotatable bonds is 7. The molecule has 27 heavy (non-hydrogen) atoms. The summed E-state index contributed by atoms with van der Waals surface area (Å²) < 4.78 is 12.6. The van der Waals surface area contributed by atoms with E-state index < -0.39 is 0 Å². The standard InChI is InChI=1S/C21H29N3O3/c1-15(2)24-13-16(11-22-24)12-23-9-5-6-18(14-23)21(25)17-7-8-19(26-3)20(10-17)27-4/h7-8,10-11,13,15,18H,5-6,9,12,14H2,1-4H3/t18-/m1/s1. The second kappa shape index (κ2) is 8.57. The minimum atomic E-state index is 0.0111. The van der Waals surface area contributed by atoms with Gasteiger partial charge in [0.1, 0.15) is 0 Å². The SMILES string of the molecule is COc1ccc(C(=O)[C@@H]2CCCN(Cc3cnn(C(C)C)c3)C2)cc1OC. The number of ketones is 1. The molecule has 1 fully saturated rings. The summed E-state index contributed by atoms with van der Waals surface area (Å²) in [5.41, 5.74) is 1.88. The van der Waals surface area contributed by atoms with Crippen molar-refractivity contribution < 1.29 is 14.3 Å². The lowest BCUT2D eigenvalue weighted by atomic mass is 9.89. The van der Waals surface area contributed by atoms with Crippen molar-refractivity contribution in [3.8, 4) is 11.5 Å². The number of Topliss-reactive ketones (excluding diaryl/α,β-unsaturated/α-hetero) is 1. The van der Waals surface area contributed by atoms with E-state index in [1.807, 2.05) is 16.9 Å². The summed E-state index contributed by atoms with van der Waals surface area (Å²) in [5.74, 6) is 1.43. The summed E-state index contributed by atoms with van der Waals surface area (Å²) in [6.07, 6.45) is 5.99. The largest absolute Gasteiger partial charge is 0.493 e. The van der Waals surface area contributed by atoms with Crippen LogP contribution in [0.4, 0.5) is 0 Å². The predicted molar refractivity (Wildman–Crippen MR) is 104 cm³/mol. The highest BCUT2D eigenvalue weighted by Gasteiger charge is 2.27. The van der Waals surface area contributed by atoms with Crippen LogP contribution in [0.3, 0.4) is 0 Å². The summed E-state index contributed by atoms with van der Waals surface area (Å²) in [6.45, 7) is 6.87. The summed E-state index contributed by atoms with van der Waals surface area (Å²) >= 11 is 0. The Balaban J connectivity index is 1.67. The van der Waals surface area contributed by atoms with Crippen LogP contribution in [0.15, 0.2) is 30.6 Å². The van der Waals surface area contributed by atoms with Crippen molar-refractivity contribution in [1.82, 2.24) is 14.7 Å². The molecule has 1 atom stereocenters. The molecule has 3 rings (SSSR count). The van der Waals surface area contributed by atoms with Gasteiger partial charge in [-0.1, -0.05) is 0 Å². The Bertz CT molecular complexity index is 785. The van der Waals surface area contributed by atoms with Crippen LogP contribution in [0.5, 0.6) is 11.5 Å². The zero-order valence-corrected chi connectivity index (χ0v) is 16.6. The first-order chi connectivity index (χ1) is 13.0. The van der Waals surface area contributed by atoms with Gasteiger partial charge in [-0.05, 0) is 51.4 Å². The van der Waals surface area contributed by atoms with Crippen LogP contribution in [0.2, 0.25) is 0 Å². The highest BCUT2D eigenvalue weighted by Crippen LogP contribution is 2.30. The molecule has 1 aromatic heterocycles. The lowest BCUT2D eigenvalue weighted by Gasteiger charge is -2.31. The quantitative estimate of drug-likeness (QED) is 0.697. The molecular formula is C21H29N3O3. The molecule has 0 spiro atoms. The van der Waals surface area contributed by atoms with E-state index in [4.69, 9.17) is 9.47 Å². The van der Waals surface area contributed by atoms with Gasteiger partial charge in [-0.3, -0.25) is 14.4 Å². The van der Waals surface area contributed by atoms with Crippen molar-refractivity contribution in [3.63, 3.8) is 0 Å². The van der Waals surface area contributed by atoms with Gasteiger partial charge in [-0.25, -0.2) is 0 Å². The van der Waals surface area contributed by atoms with Crippen LogP contribution in [-0.4, -0.2) is 47.8 Å².